The van der Waals surface area contributed by atoms with Crippen molar-refractivity contribution in [3.05, 3.63) is 43.5 Å². The molecule has 92 valence electrons. The fourth-order valence-electron chi connectivity index (χ4n) is 1.58. The summed E-state index contributed by atoms with van der Waals surface area (Å²) < 4.78 is 3.42. The summed E-state index contributed by atoms with van der Waals surface area (Å²) in [4.78, 5) is 5.85. The van der Waals surface area contributed by atoms with Gasteiger partial charge in [0.25, 0.3) is 0 Å². The molecule has 0 spiro atoms. The predicted molar refractivity (Wildman–Crippen MR) is 86.7 cm³/mol. The Morgan fingerprint density at radius 1 is 1.17 bits per heavy atom. The first-order valence-corrected chi connectivity index (χ1v) is 8.52. The minimum absolute atomic E-state index is 0.817. The number of halogens is 2. The highest BCUT2D eigenvalue weighted by molar-refractivity contribution is 9.10. The van der Waals surface area contributed by atoms with Crippen LogP contribution in [0.25, 0.3) is 10.2 Å². The summed E-state index contributed by atoms with van der Waals surface area (Å²) in [5, 5.41) is 6.42. The standard InChI is InChI=1S/C12H8Br2N2S2/c13-7-1-2-10-11(4-7)18-12(16-10)15-5-9-3-8(14)6-17-9/h1-4,6H,5H2,(H,15,16). The minimum atomic E-state index is 0.817. The molecule has 0 unspecified atom stereocenters. The van der Waals surface area contributed by atoms with Gasteiger partial charge in [0.05, 0.1) is 16.8 Å². The van der Waals surface area contributed by atoms with Gasteiger partial charge in [0, 0.05) is 19.2 Å². The number of benzene rings is 1. The quantitative estimate of drug-likeness (QED) is 0.624. The molecule has 1 N–H and O–H groups in total. The molecule has 18 heavy (non-hydrogen) atoms. The van der Waals surface area contributed by atoms with Gasteiger partial charge in [0.15, 0.2) is 5.13 Å². The highest BCUT2D eigenvalue weighted by Crippen LogP contribution is 2.29. The second-order valence-corrected chi connectivity index (χ2v) is 7.57. The van der Waals surface area contributed by atoms with Crippen LogP contribution in [0.5, 0.6) is 0 Å². The molecule has 3 rings (SSSR count). The molecule has 0 aliphatic heterocycles. The van der Waals surface area contributed by atoms with E-state index in [9.17, 15) is 0 Å². The van der Waals surface area contributed by atoms with Crippen LogP contribution in [-0.2, 0) is 6.54 Å². The van der Waals surface area contributed by atoms with Crippen LogP contribution in [-0.4, -0.2) is 4.98 Å². The Labute approximate surface area is 129 Å². The zero-order chi connectivity index (χ0) is 12.5. The van der Waals surface area contributed by atoms with Crippen molar-refractivity contribution in [3.63, 3.8) is 0 Å². The highest BCUT2D eigenvalue weighted by atomic mass is 79.9. The van der Waals surface area contributed by atoms with Crippen LogP contribution in [0.1, 0.15) is 4.88 Å². The van der Waals surface area contributed by atoms with Crippen LogP contribution in [0.2, 0.25) is 0 Å². The molecule has 0 saturated heterocycles. The van der Waals surface area contributed by atoms with Gasteiger partial charge in [0.2, 0.25) is 0 Å². The molecule has 0 saturated carbocycles. The second-order valence-electron chi connectivity index (χ2n) is 3.72. The molecule has 3 aromatic rings. The van der Waals surface area contributed by atoms with Crippen LogP contribution in [0.4, 0.5) is 5.13 Å². The molecular weight excluding hydrogens is 396 g/mol. The van der Waals surface area contributed by atoms with Crippen LogP contribution < -0.4 is 5.32 Å². The number of hydrogen-bond donors (Lipinski definition) is 1. The van der Waals surface area contributed by atoms with Crippen molar-refractivity contribution in [2.75, 3.05) is 5.32 Å². The molecule has 2 heterocycles. The van der Waals surface area contributed by atoms with Crippen molar-refractivity contribution in [2.24, 2.45) is 0 Å². The van der Waals surface area contributed by atoms with E-state index in [0.717, 1.165) is 26.1 Å². The Balaban J connectivity index is 1.78. The zero-order valence-corrected chi connectivity index (χ0v) is 13.9. The predicted octanol–water partition coefficient (Wildman–Crippen LogP) is 5.49. The molecule has 0 radical (unpaired) electrons. The SMILES string of the molecule is Brc1csc(CNc2nc3ccc(Br)cc3s2)c1. The van der Waals surface area contributed by atoms with Gasteiger partial charge in [-0.2, -0.15) is 0 Å². The van der Waals surface area contributed by atoms with Gasteiger partial charge in [0.1, 0.15) is 0 Å². The normalized spacial score (nSPS) is 11.0. The summed E-state index contributed by atoms with van der Waals surface area (Å²) in [5.41, 5.74) is 1.04. The minimum Gasteiger partial charge on any atom is -0.357 e. The molecule has 1 aromatic carbocycles. The average Bonchev–Trinajstić information content (AvgIpc) is 2.92. The van der Waals surface area contributed by atoms with Gasteiger partial charge in [-0.1, -0.05) is 27.3 Å². The lowest BCUT2D eigenvalue weighted by Crippen LogP contribution is -1.95. The second kappa shape index (κ2) is 5.28. The fourth-order valence-corrected chi connectivity index (χ4v) is 4.39. The summed E-state index contributed by atoms with van der Waals surface area (Å²) in [6.45, 7) is 0.817. The Hall–Kier alpha value is -0.430. The summed E-state index contributed by atoms with van der Waals surface area (Å²) >= 11 is 10.4. The molecule has 0 atom stereocenters. The van der Waals surface area contributed by atoms with E-state index in [1.54, 1.807) is 22.7 Å². The van der Waals surface area contributed by atoms with Crippen molar-refractivity contribution >= 4 is 69.9 Å². The van der Waals surface area contributed by atoms with Crippen LogP contribution in [0.15, 0.2) is 38.6 Å². The molecule has 2 nitrogen and oxygen atoms in total. The average molecular weight is 404 g/mol. The number of thiazole rings is 1. The van der Waals surface area contributed by atoms with E-state index in [0.29, 0.717) is 0 Å². The van der Waals surface area contributed by atoms with E-state index in [1.807, 2.05) is 12.1 Å². The Kier molecular flexibility index (Phi) is 3.70. The van der Waals surface area contributed by atoms with E-state index in [1.165, 1.54) is 9.58 Å². The largest absolute Gasteiger partial charge is 0.357 e. The number of nitrogens with zero attached hydrogens (tertiary/aromatic N) is 1. The summed E-state index contributed by atoms with van der Waals surface area (Å²) in [5.74, 6) is 0. The molecule has 2 aromatic heterocycles. The third kappa shape index (κ3) is 2.77. The Bertz CT molecular complexity index is 690. The lowest BCUT2D eigenvalue weighted by Gasteiger charge is -1.98. The van der Waals surface area contributed by atoms with Crippen molar-refractivity contribution in [3.8, 4) is 0 Å². The Morgan fingerprint density at radius 3 is 2.83 bits per heavy atom. The number of aromatic nitrogens is 1. The van der Waals surface area contributed by atoms with E-state index in [-0.39, 0.29) is 0 Å². The monoisotopic (exact) mass is 402 g/mol. The number of anilines is 1. The smallest absolute Gasteiger partial charge is 0.184 e. The van der Waals surface area contributed by atoms with Gasteiger partial charge in [-0.3, -0.25) is 0 Å². The first kappa shape index (κ1) is 12.6. The van der Waals surface area contributed by atoms with Crippen molar-refractivity contribution in [2.45, 2.75) is 6.54 Å². The summed E-state index contributed by atoms with van der Waals surface area (Å²) in [6, 6.07) is 8.27. The Morgan fingerprint density at radius 2 is 2.06 bits per heavy atom. The van der Waals surface area contributed by atoms with E-state index >= 15 is 0 Å². The van der Waals surface area contributed by atoms with E-state index < -0.39 is 0 Å². The maximum absolute atomic E-state index is 4.56. The van der Waals surface area contributed by atoms with E-state index in [2.05, 4.69) is 59.7 Å². The first-order chi connectivity index (χ1) is 8.70. The molecule has 0 amide bonds. The highest BCUT2D eigenvalue weighted by Gasteiger charge is 2.04. The van der Waals surface area contributed by atoms with Crippen molar-refractivity contribution < 1.29 is 0 Å². The molecule has 0 fully saturated rings. The molecular formula is C12H8Br2N2S2. The number of rotatable bonds is 3. The first-order valence-electron chi connectivity index (χ1n) is 5.23. The number of thiophene rings is 1. The van der Waals surface area contributed by atoms with Gasteiger partial charge < -0.3 is 5.32 Å². The number of nitrogens with one attached hydrogen (secondary N) is 1. The lowest BCUT2D eigenvalue weighted by molar-refractivity contribution is 1.18. The topological polar surface area (TPSA) is 24.9 Å². The number of fused-ring (bicyclic) bond motifs is 1. The third-order valence-electron chi connectivity index (χ3n) is 2.39. The summed E-state index contributed by atoms with van der Waals surface area (Å²) in [7, 11) is 0. The van der Waals surface area contributed by atoms with Crippen LogP contribution in [0.3, 0.4) is 0 Å². The molecule has 0 aliphatic rings. The van der Waals surface area contributed by atoms with Crippen molar-refractivity contribution in [1.29, 1.82) is 0 Å². The third-order valence-corrected chi connectivity index (χ3v) is 5.55. The fraction of sp³-hybridized carbons (Fsp3) is 0.0833. The molecule has 0 bridgehead atoms. The van der Waals surface area contributed by atoms with Gasteiger partial charge >= 0.3 is 0 Å². The van der Waals surface area contributed by atoms with Crippen LogP contribution >= 0.6 is 54.5 Å². The maximum atomic E-state index is 4.56. The van der Waals surface area contributed by atoms with E-state index in [4.69, 9.17) is 0 Å². The van der Waals surface area contributed by atoms with Crippen molar-refractivity contribution in [1.82, 2.24) is 4.98 Å². The maximum Gasteiger partial charge on any atom is 0.184 e. The molecule has 0 aliphatic carbocycles. The van der Waals surface area contributed by atoms with Gasteiger partial charge in [-0.15, -0.1) is 11.3 Å². The summed E-state index contributed by atoms with van der Waals surface area (Å²) in [6.07, 6.45) is 0. The lowest BCUT2D eigenvalue weighted by atomic mass is 10.3. The molecule has 6 heteroatoms. The van der Waals surface area contributed by atoms with Crippen LogP contribution in [0, 0.1) is 0 Å². The zero-order valence-electron chi connectivity index (χ0n) is 9.11. The van der Waals surface area contributed by atoms with Gasteiger partial charge in [-0.05, 0) is 40.2 Å². The number of hydrogen-bond acceptors (Lipinski definition) is 4. The van der Waals surface area contributed by atoms with Gasteiger partial charge in [-0.25, -0.2) is 4.98 Å².